The second-order valence-electron chi connectivity index (χ2n) is 9.67. The maximum atomic E-state index is 3.90. The average molecular weight is 477 g/mol. The molecule has 4 aromatic carbocycles. The van der Waals surface area contributed by atoms with Crippen molar-refractivity contribution in [3.8, 4) is 0 Å². The molecule has 0 heterocycles. The van der Waals surface area contributed by atoms with E-state index in [-0.39, 0.29) is 12.1 Å². The molecule has 2 N–H and O–H groups in total. The molecule has 2 heteroatoms. The number of hydrogen-bond donors (Lipinski definition) is 2. The van der Waals surface area contributed by atoms with Gasteiger partial charge in [-0.25, -0.2) is 0 Å². The number of benzene rings is 4. The first-order chi connectivity index (χ1) is 17.8. The Morgan fingerprint density at radius 3 is 1.11 bits per heavy atom. The predicted octanol–water partition coefficient (Wildman–Crippen LogP) is 7.95. The minimum absolute atomic E-state index is 0.128. The van der Waals surface area contributed by atoms with Crippen LogP contribution in [0.25, 0.3) is 0 Å². The Balaban J connectivity index is 1.56. The van der Waals surface area contributed by atoms with E-state index in [0.717, 1.165) is 25.9 Å². The Morgan fingerprint density at radius 1 is 0.444 bits per heavy atom. The Morgan fingerprint density at radius 2 is 0.778 bits per heavy atom. The lowest BCUT2D eigenvalue weighted by molar-refractivity contribution is 0.381. The van der Waals surface area contributed by atoms with Crippen molar-refractivity contribution in [2.45, 2.75) is 64.7 Å². The average Bonchev–Trinajstić information content (AvgIpc) is 2.93. The van der Waals surface area contributed by atoms with E-state index in [1.165, 1.54) is 46.2 Å². The summed E-state index contributed by atoms with van der Waals surface area (Å²) in [5.74, 6) is 0. The summed E-state index contributed by atoms with van der Waals surface area (Å²) in [5.41, 5.74) is 8.03. The van der Waals surface area contributed by atoms with Crippen molar-refractivity contribution in [1.29, 1.82) is 0 Å². The normalized spacial score (nSPS) is 12.8. The first kappa shape index (κ1) is 25.9. The van der Waals surface area contributed by atoms with Gasteiger partial charge >= 0.3 is 0 Å². The zero-order valence-corrected chi connectivity index (χ0v) is 21.8. The van der Waals surface area contributed by atoms with Crippen LogP contribution in [0.1, 0.15) is 72.2 Å². The molecule has 2 unspecified atom stereocenters. The van der Waals surface area contributed by atoms with Gasteiger partial charge in [-0.1, -0.05) is 136 Å². The predicted molar refractivity (Wildman–Crippen MR) is 153 cm³/mol. The van der Waals surface area contributed by atoms with Crippen molar-refractivity contribution in [3.05, 3.63) is 143 Å². The highest BCUT2D eigenvalue weighted by Gasteiger charge is 2.24. The molecule has 2 atom stereocenters. The minimum Gasteiger partial charge on any atom is -0.304 e. The zero-order chi connectivity index (χ0) is 25.0. The fourth-order valence-electron chi connectivity index (χ4n) is 4.86. The number of nitrogens with one attached hydrogen (secondary N) is 2. The molecule has 0 saturated heterocycles. The van der Waals surface area contributed by atoms with Crippen LogP contribution in [0.2, 0.25) is 0 Å². The van der Waals surface area contributed by atoms with Crippen molar-refractivity contribution in [3.63, 3.8) is 0 Å². The van der Waals surface area contributed by atoms with Crippen molar-refractivity contribution in [1.82, 2.24) is 10.6 Å². The van der Waals surface area contributed by atoms with Crippen LogP contribution in [-0.2, 0) is 25.9 Å². The molecule has 4 rings (SSSR count). The highest BCUT2D eigenvalue weighted by Crippen LogP contribution is 2.30. The molecular formula is C34H40N2. The summed E-state index contributed by atoms with van der Waals surface area (Å²) < 4.78 is 0. The van der Waals surface area contributed by atoms with E-state index in [2.05, 4.69) is 134 Å². The molecule has 36 heavy (non-hydrogen) atoms. The SMILES string of the molecule is CCCc1ccc(CNC(c2ccccc2)C(NCc2ccc(CCC)cc2)c2ccccc2)cc1. The van der Waals surface area contributed by atoms with Gasteiger partial charge in [0.15, 0.2) is 0 Å². The fourth-order valence-corrected chi connectivity index (χ4v) is 4.86. The highest BCUT2D eigenvalue weighted by molar-refractivity contribution is 5.30. The minimum atomic E-state index is 0.128. The molecule has 0 aliphatic rings. The van der Waals surface area contributed by atoms with Gasteiger partial charge < -0.3 is 10.6 Å². The van der Waals surface area contributed by atoms with Crippen LogP contribution in [0.5, 0.6) is 0 Å². The molecule has 0 aliphatic heterocycles. The summed E-state index contributed by atoms with van der Waals surface area (Å²) in [5, 5.41) is 7.80. The van der Waals surface area contributed by atoms with E-state index in [4.69, 9.17) is 0 Å². The zero-order valence-electron chi connectivity index (χ0n) is 21.8. The van der Waals surface area contributed by atoms with Gasteiger partial charge in [0, 0.05) is 13.1 Å². The largest absolute Gasteiger partial charge is 0.304 e. The van der Waals surface area contributed by atoms with E-state index in [1.807, 2.05) is 0 Å². The standard InChI is InChI=1S/C34H40N2/c1-3-11-27-17-21-29(22-18-27)25-35-33(31-13-7-5-8-14-31)34(32-15-9-6-10-16-32)36-26-30-23-19-28(12-4-2)20-24-30/h5-10,13-24,33-36H,3-4,11-12,25-26H2,1-2H3. The Kier molecular flexibility index (Phi) is 9.90. The van der Waals surface area contributed by atoms with Gasteiger partial charge in [0.25, 0.3) is 0 Å². The van der Waals surface area contributed by atoms with Crippen LogP contribution in [0, 0.1) is 0 Å². The Labute approximate surface area is 217 Å². The second-order valence-corrected chi connectivity index (χ2v) is 9.67. The van der Waals surface area contributed by atoms with Gasteiger partial charge in [-0.05, 0) is 46.2 Å². The van der Waals surface area contributed by atoms with Crippen LogP contribution in [-0.4, -0.2) is 0 Å². The summed E-state index contributed by atoms with van der Waals surface area (Å²) in [7, 11) is 0. The molecule has 0 bridgehead atoms. The summed E-state index contributed by atoms with van der Waals surface area (Å²) in [4.78, 5) is 0. The molecule has 186 valence electrons. The third-order valence-corrected chi connectivity index (χ3v) is 6.83. The quantitative estimate of drug-likeness (QED) is 0.205. The molecule has 0 aliphatic carbocycles. The highest BCUT2D eigenvalue weighted by atomic mass is 15.0. The lowest BCUT2D eigenvalue weighted by Gasteiger charge is -2.30. The van der Waals surface area contributed by atoms with E-state index in [0.29, 0.717) is 0 Å². The van der Waals surface area contributed by atoms with Crippen LogP contribution >= 0.6 is 0 Å². The van der Waals surface area contributed by atoms with E-state index in [9.17, 15) is 0 Å². The van der Waals surface area contributed by atoms with Crippen molar-refractivity contribution in [2.24, 2.45) is 0 Å². The number of rotatable bonds is 13. The molecular weight excluding hydrogens is 436 g/mol. The molecule has 0 amide bonds. The molecule has 0 radical (unpaired) electrons. The topological polar surface area (TPSA) is 24.1 Å². The van der Waals surface area contributed by atoms with Gasteiger partial charge in [-0.2, -0.15) is 0 Å². The maximum Gasteiger partial charge on any atom is 0.0521 e. The Bertz CT molecular complexity index is 1040. The summed E-state index contributed by atoms with van der Waals surface area (Å²) in [6, 6.07) is 40.1. The third-order valence-electron chi connectivity index (χ3n) is 6.83. The third kappa shape index (κ3) is 7.40. The van der Waals surface area contributed by atoms with Crippen molar-refractivity contribution < 1.29 is 0 Å². The second kappa shape index (κ2) is 13.8. The summed E-state index contributed by atoms with van der Waals surface area (Å²) in [6.07, 6.45) is 4.64. The van der Waals surface area contributed by atoms with Crippen LogP contribution in [0.3, 0.4) is 0 Å². The van der Waals surface area contributed by atoms with Crippen LogP contribution in [0.15, 0.2) is 109 Å². The smallest absolute Gasteiger partial charge is 0.0521 e. The van der Waals surface area contributed by atoms with E-state index >= 15 is 0 Å². The van der Waals surface area contributed by atoms with Crippen LogP contribution < -0.4 is 10.6 Å². The monoisotopic (exact) mass is 476 g/mol. The van der Waals surface area contributed by atoms with Gasteiger partial charge in [0.2, 0.25) is 0 Å². The summed E-state index contributed by atoms with van der Waals surface area (Å²) in [6.45, 7) is 6.11. The molecule has 4 aromatic rings. The first-order valence-corrected chi connectivity index (χ1v) is 13.5. The molecule has 0 saturated carbocycles. The summed E-state index contributed by atoms with van der Waals surface area (Å²) >= 11 is 0. The van der Waals surface area contributed by atoms with Gasteiger partial charge in [0.1, 0.15) is 0 Å². The number of aryl methyl sites for hydroxylation is 2. The molecule has 0 spiro atoms. The molecule has 0 fully saturated rings. The van der Waals surface area contributed by atoms with Gasteiger partial charge in [-0.3, -0.25) is 0 Å². The van der Waals surface area contributed by atoms with Gasteiger partial charge in [0.05, 0.1) is 12.1 Å². The van der Waals surface area contributed by atoms with Crippen LogP contribution in [0.4, 0.5) is 0 Å². The van der Waals surface area contributed by atoms with E-state index < -0.39 is 0 Å². The first-order valence-electron chi connectivity index (χ1n) is 13.5. The van der Waals surface area contributed by atoms with Crippen molar-refractivity contribution in [2.75, 3.05) is 0 Å². The number of hydrogen-bond acceptors (Lipinski definition) is 2. The fraction of sp³-hybridized carbons (Fsp3) is 0.294. The lowest BCUT2D eigenvalue weighted by atomic mass is 9.92. The lowest BCUT2D eigenvalue weighted by Crippen LogP contribution is -2.35. The molecule has 2 nitrogen and oxygen atoms in total. The van der Waals surface area contributed by atoms with Gasteiger partial charge in [-0.15, -0.1) is 0 Å². The maximum absolute atomic E-state index is 3.90. The van der Waals surface area contributed by atoms with E-state index in [1.54, 1.807) is 0 Å². The van der Waals surface area contributed by atoms with Crippen molar-refractivity contribution >= 4 is 0 Å². The Hall–Kier alpha value is -3.20. The molecule has 0 aromatic heterocycles.